The van der Waals surface area contributed by atoms with E-state index in [1.54, 1.807) is 0 Å². The Kier molecular flexibility index (Phi) is 11.5. The fourth-order valence-corrected chi connectivity index (χ4v) is 6.79. The molecule has 0 aliphatic heterocycles. The number of hydrogen-bond acceptors (Lipinski definition) is 1. The van der Waals surface area contributed by atoms with Crippen LogP contribution in [0.3, 0.4) is 0 Å². The Labute approximate surface area is 171 Å². The quantitative estimate of drug-likeness (QED) is 0.250. The van der Waals surface area contributed by atoms with Crippen LogP contribution in [0.15, 0.2) is 23.2 Å². The van der Waals surface area contributed by atoms with Crippen molar-refractivity contribution < 1.29 is 0 Å². The summed E-state index contributed by atoms with van der Waals surface area (Å²) >= 11 is 0. The second-order valence-electron chi connectivity index (χ2n) is 8.47. The highest BCUT2D eigenvalue weighted by atomic mass is 31.1. The van der Waals surface area contributed by atoms with E-state index >= 15 is 0 Å². The Bertz CT molecular complexity index is 539. The molecule has 154 valence electrons. The van der Waals surface area contributed by atoms with E-state index in [0.29, 0.717) is 17.5 Å². The highest BCUT2D eigenvalue weighted by Gasteiger charge is 2.21. The van der Waals surface area contributed by atoms with Gasteiger partial charge in [-0.05, 0) is 54.5 Å². The van der Waals surface area contributed by atoms with E-state index in [-0.39, 0.29) is 7.92 Å². The molecular formula is C25H44NP. The molecule has 0 spiro atoms. The molecule has 0 N–H and O–H groups in total. The first kappa shape index (κ1) is 24.4. The van der Waals surface area contributed by atoms with Crippen LogP contribution in [0.5, 0.6) is 0 Å². The summed E-state index contributed by atoms with van der Waals surface area (Å²) in [5, 5.41) is 0. The molecule has 0 aliphatic rings. The molecule has 0 aromatic heterocycles. The van der Waals surface area contributed by atoms with Gasteiger partial charge in [-0.1, -0.05) is 94.4 Å². The fraction of sp³-hybridized carbons (Fsp3) is 0.720. The topological polar surface area (TPSA) is 12.4 Å². The molecule has 2 heteroatoms. The smallest absolute Gasteiger partial charge is 0.0698 e. The largest absolute Gasteiger partial charge is 0.257 e. The number of hydrogen-bond donors (Lipinski definition) is 0. The number of nitrogens with zero attached hydrogens (tertiary/aromatic N) is 1. The van der Waals surface area contributed by atoms with Crippen molar-refractivity contribution in [1.82, 2.24) is 0 Å². The molecule has 1 rings (SSSR count). The van der Waals surface area contributed by atoms with Gasteiger partial charge in [-0.3, -0.25) is 4.99 Å². The highest BCUT2D eigenvalue weighted by Crippen LogP contribution is 2.45. The lowest BCUT2D eigenvalue weighted by Gasteiger charge is -2.27. The lowest BCUT2D eigenvalue weighted by atomic mass is 9.93. The molecule has 1 aromatic rings. The second-order valence-corrected chi connectivity index (χ2v) is 11.3. The molecule has 0 heterocycles. The lowest BCUT2D eigenvalue weighted by molar-refractivity contribution is 0.833. The minimum absolute atomic E-state index is 0.0442. The van der Waals surface area contributed by atoms with Gasteiger partial charge in [-0.25, -0.2) is 0 Å². The zero-order valence-corrected chi connectivity index (χ0v) is 20.2. The molecule has 0 saturated carbocycles. The normalized spacial score (nSPS) is 13.8. The van der Waals surface area contributed by atoms with Crippen molar-refractivity contribution in [2.75, 3.05) is 12.3 Å². The maximum absolute atomic E-state index is 5.39. The monoisotopic (exact) mass is 389 g/mol. The number of benzene rings is 1. The number of unbranched alkanes of at least 4 members (excludes halogenated alkanes) is 2. The summed E-state index contributed by atoms with van der Waals surface area (Å²) in [5.41, 5.74) is 6.16. The zero-order chi connectivity index (χ0) is 20.4. The van der Waals surface area contributed by atoms with Crippen LogP contribution in [0, 0.1) is 0 Å². The van der Waals surface area contributed by atoms with Gasteiger partial charge in [-0.2, -0.15) is 0 Å². The van der Waals surface area contributed by atoms with Gasteiger partial charge in [0.1, 0.15) is 0 Å². The summed E-state index contributed by atoms with van der Waals surface area (Å²) in [6.45, 7) is 18.6. The predicted octanol–water partition coefficient (Wildman–Crippen LogP) is 8.89. The SMILES string of the molecule is CCCCP(CCCC)C(C)C(CC)=Nc1c(C(C)C)cccc1C(C)C. The maximum Gasteiger partial charge on any atom is 0.0698 e. The van der Waals surface area contributed by atoms with Gasteiger partial charge in [0, 0.05) is 11.4 Å². The van der Waals surface area contributed by atoms with Gasteiger partial charge in [-0.15, -0.1) is 0 Å². The predicted molar refractivity (Wildman–Crippen MR) is 128 cm³/mol. The molecule has 0 fully saturated rings. The van der Waals surface area contributed by atoms with Crippen LogP contribution in [-0.2, 0) is 0 Å². The Balaban J connectivity index is 3.30. The molecule has 1 atom stereocenters. The van der Waals surface area contributed by atoms with Gasteiger partial charge in [0.2, 0.25) is 0 Å². The molecule has 0 bridgehead atoms. The summed E-state index contributed by atoms with van der Waals surface area (Å²) in [4.78, 5) is 5.39. The van der Waals surface area contributed by atoms with E-state index in [2.05, 4.69) is 73.6 Å². The van der Waals surface area contributed by atoms with Crippen molar-refractivity contribution >= 4 is 19.3 Å². The van der Waals surface area contributed by atoms with Crippen LogP contribution in [0.2, 0.25) is 0 Å². The van der Waals surface area contributed by atoms with Crippen LogP contribution in [-0.4, -0.2) is 23.7 Å². The molecule has 1 aromatic carbocycles. The molecule has 1 nitrogen and oxygen atoms in total. The minimum Gasteiger partial charge on any atom is -0.257 e. The first-order valence-corrected chi connectivity index (χ1v) is 13.1. The van der Waals surface area contributed by atoms with Crippen molar-refractivity contribution in [2.45, 2.75) is 105 Å². The number of rotatable bonds is 12. The lowest BCUT2D eigenvalue weighted by Crippen LogP contribution is -2.18. The fourth-order valence-electron chi connectivity index (χ4n) is 3.68. The van der Waals surface area contributed by atoms with Gasteiger partial charge in [0.25, 0.3) is 0 Å². The van der Waals surface area contributed by atoms with Crippen LogP contribution in [0.1, 0.15) is 110 Å². The first-order chi connectivity index (χ1) is 12.9. The van der Waals surface area contributed by atoms with E-state index < -0.39 is 0 Å². The van der Waals surface area contributed by atoms with Gasteiger partial charge < -0.3 is 0 Å². The van der Waals surface area contributed by atoms with Crippen LogP contribution in [0.25, 0.3) is 0 Å². The standard InChI is InChI=1S/C25H44NP/c1-9-12-17-27(18-13-10-2)21(8)24(11-3)26-25-22(19(4)5)15-14-16-23(25)20(6)7/h14-16,19-21H,9-13,17-18H2,1-8H3. The third-order valence-electron chi connectivity index (χ3n) is 5.59. The van der Waals surface area contributed by atoms with Gasteiger partial charge in [0.05, 0.1) is 5.69 Å². The number of para-hydroxylation sites is 1. The molecule has 0 radical (unpaired) electrons. The van der Waals surface area contributed by atoms with Crippen LogP contribution in [0.4, 0.5) is 5.69 Å². The summed E-state index contributed by atoms with van der Waals surface area (Å²) in [6, 6.07) is 6.78. The molecule has 0 aliphatic carbocycles. The Morgan fingerprint density at radius 1 is 0.852 bits per heavy atom. The van der Waals surface area contributed by atoms with E-state index in [1.807, 2.05) is 0 Å². The Morgan fingerprint density at radius 3 is 1.70 bits per heavy atom. The van der Waals surface area contributed by atoms with Crippen LogP contribution >= 0.6 is 7.92 Å². The highest BCUT2D eigenvalue weighted by molar-refractivity contribution is 7.59. The Morgan fingerprint density at radius 2 is 1.33 bits per heavy atom. The third kappa shape index (κ3) is 7.34. The summed E-state index contributed by atoms with van der Waals surface area (Å²) in [6.07, 6.45) is 9.26. The molecule has 0 saturated heterocycles. The number of aliphatic imine (C=N–C) groups is 1. The molecule has 0 amide bonds. The van der Waals surface area contributed by atoms with Crippen LogP contribution < -0.4 is 0 Å². The minimum atomic E-state index is 0.0442. The van der Waals surface area contributed by atoms with Crippen molar-refractivity contribution in [3.05, 3.63) is 29.3 Å². The first-order valence-electron chi connectivity index (χ1n) is 11.3. The Hall–Kier alpha value is -0.680. The summed E-state index contributed by atoms with van der Waals surface area (Å²) < 4.78 is 0. The second kappa shape index (κ2) is 12.7. The molecule has 27 heavy (non-hydrogen) atoms. The van der Waals surface area contributed by atoms with Crippen molar-refractivity contribution in [1.29, 1.82) is 0 Å². The summed E-state index contributed by atoms with van der Waals surface area (Å²) in [7, 11) is 0.0442. The zero-order valence-electron chi connectivity index (χ0n) is 19.3. The van der Waals surface area contributed by atoms with E-state index in [9.17, 15) is 0 Å². The average Bonchev–Trinajstić information content (AvgIpc) is 2.65. The maximum atomic E-state index is 5.39. The van der Waals surface area contributed by atoms with Crippen molar-refractivity contribution in [3.8, 4) is 0 Å². The van der Waals surface area contributed by atoms with E-state index in [0.717, 1.165) is 6.42 Å². The van der Waals surface area contributed by atoms with Gasteiger partial charge in [0.15, 0.2) is 0 Å². The molecule has 1 unspecified atom stereocenters. The van der Waals surface area contributed by atoms with Crippen molar-refractivity contribution in [2.24, 2.45) is 4.99 Å². The molecular weight excluding hydrogens is 345 g/mol. The average molecular weight is 390 g/mol. The van der Waals surface area contributed by atoms with Gasteiger partial charge >= 0.3 is 0 Å². The summed E-state index contributed by atoms with van der Waals surface area (Å²) in [5.74, 6) is 1.02. The van der Waals surface area contributed by atoms with E-state index in [1.165, 1.54) is 60.5 Å². The van der Waals surface area contributed by atoms with E-state index in [4.69, 9.17) is 4.99 Å². The van der Waals surface area contributed by atoms with Crippen molar-refractivity contribution in [3.63, 3.8) is 0 Å². The third-order valence-corrected chi connectivity index (χ3v) is 8.76.